The summed E-state index contributed by atoms with van der Waals surface area (Å²) in [6.07, 6.45) is 97.0. The van der Waals surface area contributed by atoms with Crippen LogP contribution in [0.25, 0.3) is 0 Å². The van der Waals surface area contributed by atoms with Crippen molar-refractivity contribution < 1.29 is 15.0 Å². The molecule has 0 rings (SSSR count). The Labute approximate surface area is 476 Å². The molecule has 0 bridgehead atoms. The Morgan fingerprint density at radius 2 is 0.553 bits per heavy atom. The van der Waals surface area contributed by atoms with Crippen LogP contribution >= 0.6 is 0 Å². The van der Waals surface area contributed by atoms with Gasteiger partial charge >= 0.3 is 0 Å². The Hall–Kier alpha value is -2.17. The van der Waals surface area contributed by atoms with Crippen LogP contribution in [-0.4, -0.2) is 34.9 Å². The van der Waals surface area contributed by atoms with Gasteiger partial charge in [-0.25, -0.2) is 0 Å². The molecule has 0 fully saturated rings. The van der Waals surface area contributed by atoms with Gasteiger partial charge in [0.05, 0.1) is 18.8 Å². The van der Waals surface area contributed by atoms with E-state index in [9.17, 15) is 15.0 Å². The minimum absolute atomic E-state index is 0.0734. The van der Waals surface area contributed by atoms with E-state index in [1.807, 2.05) is 6.08 Å². The molecule has 0 aromatic rings. The lowest BCUT2D eigenvalue weighted by Crippen LogP contribution is -2.45. The van der Waals surface area contributed by atoms with Crippen molar-refractivity contribution in [2.24, 2.45) is 0 Å². The zero-order chi connectivity index (χ0) is 54.8. The highest BCUT2D eigenvalue weighted by Gasteiger charge is 2.18. The first kappa shape index (κ1) is 73.8. The van der Waals surface area contributed by atoms with Crippen molar-refractivity contribution in [2.45, 2.75) is 373 Å². The Balaban J connectivity index is 3.50. The predicted octanol–water partition coefficient (Wildman–Crippen LogP) is 23.3. The topological polar surface area (TPSA) is 69.6 Å². The summed E-state index contributed by atoms with van der Waals surface area (Å²) in [4.78, 5) is 12.5. The van der Waals surface area contributed by atoms with Crippen molar-refractivity contribution in [3.8, 4) is 0 Å². The fourth-order valence-corrected chi connectivity index (χ4v) is 10.5. The number of carbonyl (C=O) groups is 1. The van der Waals surface area contributed by atoms with Crippen LogP contribution in [0.5, 0.6) is 0 Å². The highest BCUT2D eigenvalue weighted by Crippen LogP contribution is 2.18. The van der Waals surface area contributed by atoms with Gasteiger partial charge in [0.2, 0.25) is 5.91 Å². The monoisotopic (exact) mass is 1060 g/mol. The summed E-state index contributed by atoms with van der Waals surface area (Å²) in [6.45, 7) is 4.32. The fourth-order valence-electron chi connectivity index (χ4n) is 10.5. The van der Waals surface area contributed by atoms with Gasteiger partial charge in [-0.05, 0) is 83.5 Å². The zero-order valence-corrected chi connectivity index (χ0v) is 51.3. The number of rotatable bonds is 63. The first-order valence-electron chi connectivity index (χ1n) is 34.2. The molecule has 0 aromatic heterocycles. The number of nitrogens with one attached hydrogen (secondary N) is 1. The minimum atomic E-state index is -0.874. The average Bonchev–Trinajstić information content (AvgIpc) is 3.42. The average molecular weight is 1060 g/mol. The van der Waals surface area contributed by atoms with Gasteiger partial charge in [-0.1, -0.05) is 344 Å². The van der Waals surface area contributed by atoms with Crippen molar-refractivity contribution in [2.75, 3.05) is 6.61 Å². The molecule has 0 heterocycles. The smallest absolute Gasteiger partial charge is 0.220 e. The van der Waals surface area contributed by atoms with Gasteiger partial charge < -0.3 is 15.5 Å². The molecule has 444 valence electrons. The molecule has 0 aliphatic heterocycles. The van der Waals surface area contributed by atoms with Crippen LogP contribution in [0.2, 0.25) is 0 Å². The van der Waals surface area contributed by atoms with Crippen LogP contribution in [0.4, 0.5) is 0 Å². The van der Waals surface area contributed by atoms with Crippen molar-refractivity contribution in [1.29, 1.82) is 0 Å². The molecule has 4 nitrogen and oxygen atoms in total. The second kappa shape index (κ2) is 67.1. The molecular formula is C72H133NO3. The number of hydrogen-bond acceptors (Lipinski definition) is 3. The molecule has 0 spiro atoms. The van der Waals surface area contributed by atoms with E-state index in [0.717, 1.165) is 51.4 Å². The van der Waals surface area contributed by atoms with Gasteiger partial charge in [-0.15, -0.1) is 0 Å². The first-order valence-corrected chi connectivity index (χ1v) is 34.2. The van der Waals surface area contributed by atoms with Crippen molar-refractivity contribution >= 4 is 5.91 Å². The Morgan fingerprint density at radius 3 is 0.855 bits per heavy atom. The van der Waals surface area contributed by atoms with Crippen LogP contribution in [-0.2, 0) is 4.79 Å². The normalized spacial score (nSPS) is 13.2. The maximum atomic E-state index is 12.5. The van der Waals surface area contributed by atoms with Gasteiger partial charge in [-0.2, -0.15) is 0 Å². The Kier molecular flexibility index (Phi) is 65.2. The minimum Gasteiger partial charge on any atom is -0.394 e. The lowest BCUT2D eigenvalue weighted by Gasteiger charge is -2.19. The molecule has 0 saturated heterocycles. The second-order valence-corrected chi connectivity index (χ2v) is 23.2. The van der Waals surface area contributed by atoms with Crippen LogP contribution in [0.3, 0.4) is 0 Å². The van der Waals surface area contributed by atoms with E-state index in [2.05, 4.69) is 79.9 Å². The highest BCUT2D eigenvalue weighted by atomic mass is 16.3. The SMILES string of the molecule is CCCCCCC/C=C\C/C=C\C/C=C\CCCCCCCCCCCCCCCCCCCCCCC(=O)NC(CO)C(O)/C=C/CC/C=C/CC/C=C/CCCCCCCCCCCCCCCCCCCCC. The third-order valence-corrected chi connectivity index (χ3v) is 15.6. The Bertz CT molecular complexity index is 1290. The van der Waals surface area contributed by atoms with E-state index in [4.69, 9.17) is 0 Å². The summed E-state index contributed by atoms with van der Waals surface area (Å²) in [5, 5.41) is 23.2. The number of unbranched alkanes of at least 4 members (excludes halogenated alkanes) is 46. The van der Waals surface area contributed by atoms with Crippen molar-refractivity contribution in [3.63, 3.8) is 0 Å². The Morgan fingerprint density at radius 1 is 0.316 bits per heavy atom. The van der Waals surface area contributed by atoms with Gasteiger partial charge in [0.1, 0.15) is 0 Å². The van der Waals surface area contributed by atoms with Crippen molar-refractivity contribution in [1.82, 2.24) is 5.32 Å². The number of hydrogen-bond donors (Lipinski definition) is 3. The summed E-state index contributed by atoms with van der Waals surface area (Å²) in [7, 11) is 0. The maximum absolute atomic E-state index is 12.5. The number of aliphatic hydroxyl groups excluding tert-OH is 2. The van der Waals surface area contributed by atoms with E-state index in [-0.39, 0.29) is 12.5 Å². The molecule has 76 heavy (non-hydrogen) atoms. The molecule has 0 saturated carbocycles. The fraction of sp³-hybridized carbons (Fsp3) is 0.819. The summed E-state index contributed by atoms with van der Waals surface area (Å²) in [6, 6.07) is -0.649. The number of amides is 1. The van der Waals surface area contributed by atoms with Crippen LogP contribution < -0.4 is 5.32 Å². The lowest BCUT2D eigenvalue weighted by atomic mass is 10.0. The number of aliphatic hydroxyl groups is 2. The summed E-state index contributed by atoms with van der Waals surface area (Å²) >= 11 is 0. The van der Waals surface area contributed by atoms with Crippen LogP contribution in [0, 0.1) is 0 Å². The van der Waals surface area contributed by atoms with Gasteiger partial charge in [0.15, 0.2) is 0 Å². The van der Waals surface area contributed by atoms with Gasteiger partial charge in [0, 0.05) is 6.42 Å². The van der Waals surface area contributed by atoms with E-state index in [1.54, 1.807) is 6.08 Å². The summed E-state index contributed by atoms with van der Waals surface area (Å²) in [5.41, 5.74) is 0. The van der Waals surface area contributed by atoms with Crippen LogP contribution in [0.1, 0.15) is 361 Å². The molecule has 3 N–H and O–H groups in total. The molecule has 2 unspecified atom stereocenters. The first-order chi connectivity index (χ1) is 37.7. The van der Waals surface area contributed by atoms with E-state index < -0.39 is 12.1 Å². The second-order valence-electron chi connectivity index (χ2n) is 23.2. The van der Waals surface area contributed by atoms with Crippen LogP contribution in [0.15, 0.2) is 72.9 Å². The van der Waals surface area contributed by atoms with E-state index in [0.29, 0.717) is 6.42 Å². The van der Waals surface area contributed by atoms with Gasteiger partial charge in [0.25, 0.3) is 0 Å². The van der Waals surface area contributed by atoms with Gasteiger partial charge in [-0.3, -0.25) is 4.79 Å². The molecule has 0 radical (unpaired) electrons. The quantitative estimate of drug-likeness (QED) is 0.0420. The molecule has 0 aromatic carbocycles. The molecule has 0 aliphatic rings. The lowest BCUT2D eigenvalue weighted by molar-refractivity contribution is -0.123. The van der Waals surface area contributed by atoms with E-state index >= 15 is 0 Å². The third-order valence-electron chi connectivity index (χ3n) is 15.6. The molecule has 1 amide bonds. The molecular weight excluding hydrogens is 927 g/mol. The molecule has 4 heteroatoms. The number of allylic oxidation sites excluding steroid dienone is 11. The summed E-state index contributed by atoms with van der Waals surface area (Å²) in [5.74, 6) is -0.0734. The predicted molar refractivity (Wildman–Crippen MR) is 341 cm³/mol. The zero-order valence-electron chi connectivity index (χ0n) is 51.3. The molecule has 2 atom stereocenters. The highest BCUT2D eigenvalue weighted by molar-refractivity contribution is 5.76. The molecule has 0 aliphatic carbocycles. The van der Waals surface area contributed by atoms with Crippen molar-refractivity contribution in [3.05, 3.63) is 72.9 Å². The van der Waals surface area contributed by atoms with E-state index in [1.165, 1.54) is 289 Å². The summed E-state index contributed by atoms with van der Waals surface area (Å²) < 4.78 is 0. The third kappa shape index (κ3) is 62.7. The number of carbonyl (C=O) groups excluding carboxylic acids is 1. The maximum Gasteiger partial charge on any atom is 0.220 e. The largest absolute Gasteiger partial charge is 0.394 e. The standard InChI is InChI=1S/C72H133NO3/c1-3-5-7-9-11-13-15-17-19-21-23-25-27-29-31-33-34-35-36-37-38-40-42-44-46-48-50-52-54-56-58-60-62-64-66-68-72(76)73-70(69-74)71(75)67-65-63-61-59-57-55-53-51-49-47-45-43-41-39-32-30-28-26-24-22-20-18-16-14-12-10-8-6-4-2/h15,17,21,23,27,29,49,51,57,59,65,67,70-71,74-75H,3-14,16,18-20,22,24-26,28,30-48,50,52-56,58,60-64,66,68-69H2,1-2H3,(H,73,76)/b17-15-,23-21-,29-27-,51-49+,59-57+,67-65+.